The van der Waals surface area contributed by atoms with Crippen molar-refractivity contribution in [3.63, 3.8) is 0 Å². The van der Waals surface area contributed by atoms with Crippen molar-refractivity contribution in [1.29, 1.82) is 0 Å². The van der Waals surface area contributed by atoms with Crippen LogP contribution in [0.1, 0.15) is 24.1 Å². The summed E-state index contributed by atoms with van der Waals surface area (Å²) in [5.41, 5.74) is 1.93. The first kappa shape index (κ1) is 16.7. The molecule has 5 heteroatoms. The average molecular weight is 346 g/mol. The van der Waals surface area contributed by atoms with E-state index in [1.165, 1.54) is 0 Å². The van der Waals surface area contributed by atoms with E-state index >= 15 is 0 Å². The number of ether oxygens (including phenoxy) is 2. The SMILES string of the molecule is CC(c1ccccc1)N(C)C(=O)Cc1cc(Cl)c2c(c1)OCCO2. The Morgan fingerprint density at radius 1 is 1.21 bits per heavy atom. The van der Waals surface area contributed by atoms with E-state index in [1.54, 1.807) is 11.0 Å². The summed E-state index contributed by atoms with van der Waals surface area (Å²) in [6, 6.07) is 13.6. The lowest BCUT2D eigenvalue weighted by atomic mass is 10.1. The van der Waals surface area contributed by atoms with E-state index in [0.717, 1.165) is 11.1 Å². The number of rotatable bonds is 4. The maximum atomic E-state index is 12.6. The van der Waals surface area contributed by atoms with Crippen molar-refractivity contribution >= 4 is 17.5 Å². The lowest BCUT2D eigenvalue weighted by Gasteiger charge is -2.26. The Hall–Kier alpha value is -2.20. The summed E-state index contributed by atoms with van der Waals surface area (Å²) in [4.78, 5) is 14.4. The number of fused-ring (bicyclic) bond motifs is 1. The van der Waals surface area contributed by atoms with Gasteiger partial charge in [-0.1, -0.05) is 41.9 Å². The zero-order valence-electron chi connectivity index (χ0n) is 13.8. The van der Waals surface area contributed by atoms with Crippen molar-refractivity contribution < 1.29 is 14.3 Å². The molecule has 2 aromatic rings. The van der Waals surface area contributed by atoms with Gasteiger partial charge in [0, 0.05) is 7.05 Å². The van der Waals surface area contributed by atoms with Gasteiger partial charge in [0.15, 0.2) is 11.5 Å². The summed E-state index contributed by atoms with van der Waals surface area (Å²) in [6.45, 7) is 3.00. The van der Waals surface area contributed by atoms with Crippen molar-refractivity contribution in [2.45, 2.75) is 19.4 Å². The van der Waals surface area contributed by atoms with Crippen LogP contribution in [0.5, 0.6) is 11.5 Å². The Morgan fingerprint density at radius 2 is 1.92 bits per heavy atom. The van der Waals surface area contributed by atoms with E-state index in [0.29, 0.717) is 29.7 Å². The fourth-order valence-electron chi connectivity index (χ4n) is 2.74. The fraction of sp³-hybridized carbons (Fsp3) is 0.316. The highest BCUT2D eigenvalue weighted by Gasteiger charge is 2.21. The molecular weight excluding hydrogens is 326 g/mol. The molecule has 0 radical (unpaired) electrons. The van der Waals surface area contributed by atoms with Crippen molar-refractivity contribution in [2.24, 2.45) is 0 Å². The zero-order chi connectivity index (χ0) is 17.1. The second-order valence-electron chi connectivity index (χ2n) is 5.87. The summed E-state index contributed by atoms with van der Waals surface area (Å²) in [7, 11) is 1.82. The number of halogens is 1. The Balaban J connectivity index is 1.73. The molecule has 0 fully saturated rings. The Morgan fingerprint density at radius 3 is 2.67 bits per heavy atom. The third kappa shape index (κ3) is 3.49. The third-order valence-electron chi connectivity index (χ3n) is 4.27. The van der Waals surface area contributed by atoms with Gasteiger partial charge in [0.05, 0.1) is 17.5 Å². The molecule has 1 amide bonds. The number of nitrogens with zero attached hydrogens (tertiary/aromatic N) is 1. The molecule has 1 aliphatic heterocycles. The number of benzene rings is 2. The minimum atomic E-state index is 0.00591. The highest BCUT2D eigenvalue weighted by molar-refractivity contribution is 6.32. The molecule has 1 heterocycles. The topological polar surface area (TPSA) is 38.8 Å². The van der Waals surface area contributed by atoms with E-state index < -0.39 is 0 Å². The zero-order valence-corrected chi connectivity index (χ0v) is 14.5. The highest BCUT2D eigenvalue weighted by Crippen LogP contribution is 2.38. The van der Waals surface area contributed by atoms with Gasteiger partial charge in [0.1, 0.15) is 13.2 Å². The predicted octanol–water partition coefficient (Wildman–Crippen LogP) is 3.87. The molecule has 3 rings (SSSR count). The number of hydrogen-bond donors (Lipinski definition) is 0. The number of amides is 1. The van der Waals surface area contributed by atoms with Gasteiger partial charge in [0.2, 0.25) is 5.91 Å². The molecule has 1 atom stereocenters. The van der Waals surface area contributed by atoms with Crippen molar-refractivity contribution in [3.05, 3.63) is 58.6 Å². The molecule has 1 aliphatic rings. The van der Waals surface area contributed by atoms with Crippen LogP contribution in [0, 0.1) is 0 Å². The molecule has 2 aromatic carbocycles. The fourth-order valence-corrected chi connectivity index (χ4v) is 3.02. The molecule has 0 spiro atoms. The maximum Gasteiger partial charge on any atom is 0.227 e. The summed E-state index contributed by atoms with van der Waals surface area (Å²) in [6.07, 6.45) is 0.268. The third-order valence-corrected chi connectivity index (χ3v) is 4.55. The Labute approximate surface area is 146 Å². The van der Waals surface area contributed by atoms with E-state index in [2.05, 4.69) is 0 Å². The molecule has 1 unspecified atom stereocenters. The van der Waals surface area contributed by atoms with E-state index in [1.807, 2.05) is 50.4 Å². The quantitative estimate of drug-likeness (QED) is 0.844. The normalized spacial score (nSPS) is 14.1. The van der Waals surface area contributed by atoms with Crippen LogP contribution in [0.3, 0.4) is 0 Å². The first-order chi connectivity index (χ1) is 11.6. The molecule has 0 bridgehead atoms. The van der Waals surface area contributed by atoms with Crippen LogP contribution in [-0.4, -0.2) is 31.1 Å². The summed E-state index contributed by atoms with van der Waals surface area (Å²) >= 11 is 6.24. The molecule has 0 saturated heterocycles. The lowest BCUT2D eigenvalue weighted by molar-refractivity contribution is -0.131. The van der Waals surface area contributed by atoms with Crippen LogP contribution in [0.25, 0.3) is 0 Å². The standard InChI is InChI=1S/C19H20ClNO3/c1-13(15-6-4-3-5-7-15)21(2)18(22)12-14-10-16(20)19-17(11-14)23-8-9-24-19/h3-7,10-11,13H,8-9,12H2,1-2H3. The molecule has 0 aliphatic carbocycles. The van der Waals surface area contributed by atoms with Gasteiger partial charge in [0.25, 0.3) is 0 Å². The molecule has 24 heavy (non-hydrogen) atoms. The maximum absolute atomic E-state index is 12.6. The molecule has 0 N–H and O–H groups in total. The largest absolute Gasteiger partial charge is 0.486 e. The summed E-state index contributed by atoms with van der Waals surface area (Å²) in [5.74, 6) is 1.19. The van der Waals surface area contributed by atoms with Crippen molar-refractivity contribution in [3.8, 4) is 11.5 Å². The first-order valence-corrected chi connectivity index (χ1v) is 8.32. The molecule has 4 nitrogen and oxygen atoms in total. The van der Waals surface area contributed by atoms with Gasteiger partial charge >= 0.3 is 0 Å². The Kier molecular flexibility index (Phi) is 4.95. The monoisotopic (exact) mass is 345 g/mol. The van der Waals surface area contributed by atoms with Crippen LogP contribution < -0.4 is 9.47 Å². The molecule has 0 saturated carbocycles. The van der Waals surface area contributed by atoms with Crippen LogP contribution >= 0.6 is 11.6 Å². The summed E-state index contributed by atoms with van der Waals surface area (Å²) < 4.78 is 11.1. The van der Waals surface area contributed by atoms with Gasteiger partial charge < -0.3 is 14.4 Å². The van der Waals surface area contributed by atoms with E-state index in [9.17, 15) is 4.79 Å². The first-order valence-electron chi connectivity index (χ1n) is 7.95. The molecule has 0 aromatic heterocycles. The average Bonchev–Trinajstić information content (AvgIpc) is 2.61. The van der Waals surface area contributed by atoms with Gasteiger partial charge in [-0.3, -0.25) is 4.79 Å². The van der Waals surface area contributed by atoms with Crippen LogP contribution in [-0.2, 0) is 11.2 Å². The smallest absolute Gasteiger partial charge is 0.227 e. The second-order valence-corrected chi connectivity index (χ2v) is 6.28. The van der Waals surface area contributed by atoms with Crippen LogP contribution in [0.2, 0.25) is 5.02 Å². The van der Waals surface area contributed by atoms with Gasteiger partial charge in [-0.05, 0) is 30.2 Å². The second kappa shape index (κ2) is 7.14. The number of likely N-dealkylation sites (N-methyl/N-ethyl adjacent to an activating group) is 1. The highest BCUT2D eigenvalue weighted by atomic mass is 35.5. The number of hydrogen-bond acceptors (Lipinski definition) is 3. The number of carbonyl (C=O) groups is 1. The molecular formula is C19H20ClNO3. The van der Waals surface area contributed by atoms with Crippen molar-refractivity contribution in [1.82, 2.24) is 4.90 Å². The van der Waals surface area contributed by atoms with Gasteiger partial charge in [-0.15, -0.1) is 0 Å². The van der Waals surface area contributed by atoms with Crippen LogP contribution in [0.15, 0.2) is 42.5 Å². The van der Waals surface area contributed by atoms with Crippen molar-refractivity contribution in [2.75, 3.05) is 20.3 Å². The Bertz CT molecular complexity index is 733. The van der Waals surface area contributed by atoms with Crippen LogP contribution in [0.4, 0.5) is 0 Å². The minimum Gasteiger partial charge on any atom is -0.486 e. The van der Waals surface area contributed by atoms with E-state index in [-0.39, 0.29) is 18.4 Å². The number of carbonyl (C=O) groups excluding carboxylic acids is 1. The minimum absolute atomic E-state index is 0.00591. The van der Waals surface area contributed by atoms with Gasteiger partial charge in [-0.25, -0.2) is 0 Å². The summed E-state index contributed by atoms with van der Waals surface area (Å²) in [5, 5.41) is 0.480. The van der Waals surface area contributed by atoms with Gasteiger partial charge in [-0.2, -0.15) is 0 Å². The van der Waals surface area contributed by atoms with E-state index in [4.69, 9.17) is 21.1 Å². The lowest BCUT2D eigenvalue weighted by Crippen LogP contribution is -2.31. The predicted molar refractivity (Wildman–Crippen MR) is 93.8 cm³/mol. The molecule has 126 valence electrons.